The normalized spacial score (nSPS) is 20.9. The van der Waals surface area contributed by atoms with Crippen LogP contribution in [-0.2, 0) is 21.4 Å². The number of benzene rings is 2. The Morgan fingerprint density at radius 3 is 2.56 bits per heavy atom. The molecule has 34 heavy (non-hydrogen) atoms. The summed E-state index contributed by atoms with van der Waals surface area (Å²) in [5.74, 6) is 0.172. The van der Waals surface area contributed by atoms with Crippen molar-refractivity contribution in [1.29, 1.82) is 0 Å². The van der Waals surface area contributed by atoms with E-state index in [1.54, 1.807) is 48.3 Å². The topological polar surface area (TPSA) is 99.2 Å². The van der Waals surface area contributed by atoms with Gasteiger partial charge in [0, 0.05) is 43.9 Å². The van der Waals surface area contributed by atoms with Crippen LogP contribution in [0, 0.1) is 5.92 Å². The number of likely N-dealkylation sites (tertiary alicyclic amines) is 1. The zero-order valence-corrected chi connectivity index (χ0v) is 19.9. The van der Waals surface area contributed by atoms with Gasteiger partial charge < -0.3 is 15.1 Å². The molecule has 2 heterocycles. The molecule has 178 valence electrons. The number of fused-ring (bicyclic) bond motifs is 1. The van der Waals surface area contributed by atoms with Gasteiger partial charge in [0.15, 0.2) is 5.84 Å². The van der Waals surface area contributed by atoms with E-state index >= 15 is 0 Å². The first-order valence-corrected chi connectivity index (χ1v) is 13.1. The summed E-state index contributed by atoms with van der Waals surface area (Å²) in [6.07, 6.45) is 3.63. The summed E-state index contributed by atoms with van der Waals surface area (Å²) in [7, 11) is -1.91. The summed E-state index contributed by atoms with van der Waals surface area (Å²) in [5, 5.41) is 2.97. The van der Waals surface area contributed by atoms with Crippen LogP contribution in [0.2, 0.25) is 0 Å². The number of rotatable bonds is 5. The van der Waals surface area contributed by atoms with Gasteiger partial charge in [0.1, 0.15) is 4.90 Å². The van der Waals surface area contributed by atoms with E-state index in [0.717, 1.165) is 31.2 Å². The standard InChI is InChI=1S/C25H28N4O4S/c1-28(15-17-8-10-18(11-9-17)24(30)26-20-12-13-20)25(31)19-5-4-14-29(16-19)23-21-6-2-3-7-22(21)34(32,33)27-23/h2-3,6-11,19-20H,4-5,12-16H2,1H3,(H,26,30). The maximum atomic E-state index is 13.2. The fraction of sp³-hybridized carbons (Fsp3) is 0.400. The van der Waals surface area contributed by atoms with E-state index in [-0.39, 0.29) is 22.6 Å². The minimum Gasteiger partial charge on any atom is -0.355 e. The molecule has 1 N–H and O–H groups in total. The lowest BCUT2D eigenvalue weighted by molar-refractivity contribution is -0.136. The Bertz CT molecular complexity index is 1250. The molecule has 8 nitrogen and oxygen atoms in total. The zero-order valence-electron chi connectivity index (χ0n) is 19.1. The molecule has 0 radical (unpaired) electrons. The Morgan fingerprint density at radius 1 is 1.09 bits per heavy atom. The highest BCUT2D eigenvalue weighted by Crippen LogP contribution is 2.30. The lowest BCUT2D eigenvalue weighted by atomic mass is 9.95. The smallest absolute Gasteiger partial charge is 0.285 e. The molecule has 1 saturated carbocycles. The number of amidine groups is 1. The SMILES string of the molecule is CN(Cc1ccc(C(=O)NC2CC2)cc1)C(=O)C1CCCN(C2=NS(=O)(=O)c3ccccc32)C1. The lowest BCUT2D eigenvalue weighted by Gasteiger charge is -2.35. The van der Waals surface area contributed by atoms with Gasteiger partial charge in [-0.2, -0.15) is 8.42 Å². The fourth-order valence-corrected chi connectivity index (χ4v) is 5.84. The van der Waals surface area contributed by atoms with Crippen LogP contribution in [0.4, 0.5) is 0 Å². The van der Waals surface area contributed by atoms with Gasteiger partial charge >= 0.3 is 0 Å². The first-order chi connectivity index (χ1) is 16.3. The molecule has 1 aliphatic carbocycles. The number of hydrogen-bond acceptors (Lipinski definition) is 5. The van der Waals surface area contributed by atoms with Crippen LogP contribution < -0.4 is 5.32 Å². The third-order valence-corrected chi connectivity index (χ3v) is 7.93. The monoisotopic (exact) mass is 480 g/mol. The number of carbonyl (C=O) groups is 2. The number of nitrogens with zero attached hydrogens (tertiary/aromatic N) is 3. The third kappa shape index (κ3) is 4.57. The largest absolute Gasteiger partial charge is 0.355 e. The molecule has 9 heteroatoms. The quantitative estimate of drug-likeness (QED) is 0.709. The van der Waals surface area contributed by atoms with Gasteiger partial charge in [-0.3, -0.25) is 9.59 Å². The molecule has 0 spiro atoms. The molecule has 2 fully saturated rings. The van der Waals surface area contributed by atoms with Gasteiger partial charge in [-0.25, -0.2) is 0 Å². The molecule has 1 atom stereocenters. The van der Waals surface area contributed by atoms with Gasteiger partial charge in [0.2, 0.25) is 5.91 Å². The van der Waals surface area contributed by atoms with Crippen LogP contribution >= 0.6 is 0 Å². The summed E-state index contributed by atoms with van der Waals surface area (Å²) in [6.45, 7) is 1.55. The molecule has 3 aliphatic rings. The van der Waals surface area contributed by atoms with Crippen LogP contribution in [0.15, 0.2) is 57.8 Å². The second kappa shape index (κ2) is 8.87. The maximum Gasteiger partial charge on any atom is 0.285 e. The molecule has 1 saturated heterocycles. The van der Waals surface area contributed by atoms with Crippen LogP contribution in [-0.4, -0.2) is 62.0 Å². The highest BCUT2D eigenvalue weighted by atomic mass is 32.2. The maximum absolute atomic E-state index is 13.2. The first kappa shape index (κ1) is 22.6. The van der Waals surface area contributed by atoms with E-state index in [0.29, 0.717) is 42.6 Å². The van der Waals surface area contributed by atoms with Gasteiger partial charge in [0.05, 0.1) is 5.92 Å². The Balaban J connectivity index is 1.23. The Kier molecular flexibility index (Phi) is 5.89. The second-order valence-electron chi connectivity index (χ2n) is 9.31. The molecular formula is C25H28N4O4S. The van der Waals surface area contributed by atoms with Crippen molar-refractivity contribution in [3.05, 3.63) is 65.2 Å². The fourth-order valence-electron chi connectivity index (χ4n) is 4.61. The summed E-state index contributed by atoms with van der Waals surface area (Å²) in [6, 6.07) is 14.5. The highest BCUT2D eigenvalue weighted by Gasteiger charge is 2.35. The first-order valence-electron chi connectivity index (χ1n) is 11.7. The Hall–Kier alpha value is -3.20. The van der Waals surface area contributed by atoms with Crippen molar-refractivity contribution in [2.24, 2.45) is 10.3 Å². The van der Waals surface area contributed by atoms with Gasteiger partial charge in [0.25, 0.3) is 15.9 Å². The third-order valence-electron chi connectivity index (χ3n) is 6.61. The van der Waals surface area contributed by atoms with Crippen molar-refractivity contribution in [3.63, 3.8) is 0 Å². The number of piperidine rings is 1. The lowest BCUT2D eigenvalue weighted by Crippen LogP contribution is -2.45. The van der Waals surface area contributed by atoms with Crippen LogP contribution in [0.25, 0.3) is 0 Å². The van der Waals surface area contributed by atoms with Crippen LogP contribution in [0.3, 0.4) is 0 Å². The average Bonchev–Trinajstić information content (AvgIpc) is 3.61. The summed E-state index contributed by atoms with van der Waals surface area (Å²) >= 11 is 0. The average molecular weight is 481 g/mol. The minimum atomic E-state index is -3.69. The van der Waals surface area contributed by atoms with Crippen molar-refractivity contribution in [1.82, 2.24) is 15.1 Å². The van der Waals surface area contributed by atoms with Gasteiger partial charge in [-0.15, -0.1) is 4.40 Å². The minimum absolute atomic E-state index is 0.0231. The predicted molar refractivity (Wildman–Crippen MR) is 128 cm³/mol. The van der Waals surface area contributed by atoms with Gasteiger partial charge in [-0.1, -0.05) is 24.3 Å². The summed E-state index contributed by atoms with van der Waals surface area (Å²) in [5.41, 5.74) is 2.18. The van der Waals surface area contributed by atoms with Crippen LogP contribution in [0.5, 0.6) is 0 Å². The molecule has 2 aliphatic heterocycles. The molecule has 2 aromatic carbocycles. The van der Waals surface area contributed by atoms with E-state index < -0.39 is 10.0 Å². The predicted octanol–water partition coefficient (Wildman–Crippen LogP) is 2.40. The summed E-state index contributed by atoms with van der Waals surface area (Å²) in [4.78, 5) is 29.2. The van der Waals surface area contributed by atoms with E-state index in [4.69, 9.17) is 0 Å². The van der Waals surface area contributed by atoms with Crippen molar-refractivity contribution in [3.8, 4) is 0 Å². The van der Waals surface area contributed by atoms with Crippen molar-refractivity contribution < 1.29 is 18.0 Å². The van der Waals surface area contributed by atoms with Crippen LogP contribution in [0.1, 0.15) is 47.2 Å². The second-order valence-corrected chi connectivity index (χ2v) is 10.9. The molecule has 0 bridgehead atoms. The molecule has 5 rings (SSSR count). The molecular weight excluding hydrogens is 452 g/mol. The molecule has 2 amide bonds. The zero-order chi connectivity index (χ0) is 23.9. The summed E-state index contributed by atoms with van der Waals surface area (Å²) < 4.78 is 28.9. The van der Waals surface area contributed by atoms with Crippen molar-refractivity contribution in [2.45, 2.75) is 43.2 Å². The number of hydrogen-bond donors (Lipinski definition) is 1. The number of carbonyl (C=O) groups excluding carboxylic acids is 2. The molecule has 2 aromatic rings. The molecule has 0 aromatic heterocycles. The Morgan fingerprint density at radius 2 is 1.82 bits per heavy atom. The van der Waals surface area contributed by atoms with E-state index in [9.17, 15) is 18.0 Å². The van der Waals surface area contributed by atoms with Crippen molar-refractivity contribution >= 4 is 27.7 Å². The molecule has 1 unspecified atom stereocenters. The van der Waals surface area contributed by atoms with E-state index in [1.807, 2.05) is 17.0 Å². The number of amides is 2. The van der Waals surface area contributed by atoms with E-state index in [2.05, 4.69) is 9.71 Å². The number of nitrogens with one attached hydrogen (secondary N) is 1. The van der Waals surface area contributed by atoms with Gasteiger partial charge in [-0.05, 0) is 55.5 Å². The number of sulfonamides is 1. The van der Waals surface area contributed by atoms with E-state index in [1.165, 1.54) is 0 Å². The van der Waals surface area contributed by atoms with Crippen molar-refractivity contribution in [2.75, 3.05) is 20.1 Å². The Labute approximate surface area is 199 Å². The highest BCUT2D eigenvalue weighted by molar-refractivity contribution is 7.90.